The third kappa shape index (κ3) is 5.49. The minimum absolute atomic E-state index is 0.0904. The highest BCUT2D eigenvalue weighted by molar-refractivity contribution is 5.89. The topological polar surface area (TPSA) is 93.5 Å². The van der Waals surface area contributed by atoms with Crippen molar-refractivity contribution in [3.8, 4) is 5.75 Å². The van der Waals surface area contributed by atoms with Crippen molar-refractivity contribution in [3.63, 3.8) is 0 Å². The van der Waals surface area contributed by atoms with E-state index in [2.05, 4.69) is 24.5 Å². The Balaban J connectivity index is 1.89. The monoisotopic (exact) mass is 343 g/mol. The first-order valence-electron chi connectivity index (χ1n) is 7.93. The quantitative estimate of drug-likeness (QED) is 0.465. The SMILES string of the molecule is CC(NC(=O)Nc1cccc([N+](=O)[O-])c1)Oc1ccc(C(C)C)cc1. The van der Waals surface area contributed by atoms with Crippen molar-refractivity contribution in [1.82, 2.24) is 5.32 Å². The molecule has 2 aromatic rings. The molecule has 0 aliphatic heterocycles. The van der Waals surface area contributed by atoms with Crippen molar-refractivity contribution < 1.29 is 14.5 Å². The molecule has 2 aromatic carbocycles. The van der Waals surface area contributed by atoms with Crippen LogP contribution in [0.4, 0.5) is 16.2 Å². The number of hydrogen-bond acceptors (Lipinski definition) is 4. The Morgan fingerprint density at radius 3 is 2.40 bits per heavy atom. The van der Waals surface area contributed by atoms with Crippen LogP contribution in [-0.4, -0.2) is 17.2 Å². The second-order valence-corrected chi connectivity index (χ2v) is 5.89. The molecule has 0 aliphatic carbocycles. The molecule has 7 heteroatoms. The first kappa shape index (κ1) is 18.3. The van der Waals surface area contributed by atoms with Gasteiger partial charge in [0.15, 0.2) is 6.23 Å². The molecule has 2 N–H and O–H groups in total. The molecule has 0 saturated heterocycles. The van der Waals surface area contributed by atoms with Gasteiger partial charge < -0.3 is 15.4 Å². The van der Waals surface area contributed by atoms with Crippen LogP contribution in [0.25, 0.3) is 0 Å². The highest BCUT2D eigenvalue weighted by Crippen LogP contribution is 2.19. The van der Waals surface area contributed by atoms with Crippen molar-refractivity contribution in [3.05, 3.63) is 64.2 Å². The molecule has 0 aromatic heterocycles. The average molecular weight is 343 g/mol. The smallest absolute Gasteiger partial charge is 0.322 e. The Morgan fingerprint density at radius 1 is 1.12 bits per heavy atom. The van der Waals surface area contributed by atoms with Crippen molar-refractivity contribution in [2.45, 2.75) is 32.9 Å². The van der Waals surface area contributed by atoms with Gasteiger partial charge >= 0.3 is 6.03 Å². The molecule has 7 nitrogen and oxygen atoms in total. The number of hydrogen-bond donors (Lipinski definition) is 2. The van der Waals surface area contributed by atoms with E-state index in [1.165, 1.54) is 23.8 Å². The second-order valence-electron chi connectivity index (χ2n) is 5.89. The lowest BCUT2D eigenvalue weighted by Gasteiger charge is -2.17. The Hall–Kier alpha value is -3.09. The Bertz CT molecular complexity index is 744. The van der Waals surface area contributed by atoms with E-state index in [1.807, 2.05) is 24.3 Å². The molecular weight excluding hydrogens is 322 g/mol. The summed E-state index contributed by atoms with van der Waals surface area (Å²) in [6, 6.07) is 12.9. The number of nitro groups is 1. The highest BCUT2D eigenvalue weighted by Gasteiger charge is 2.11. The number of ether oxygens (including phenoxy) is 1. The molecule has 0 aliphatic rings. The maximum absolute atomic E-state index is 12.0. The number of nitro benzene ring substituents is 1. The molecule has 1 atom stereocenters. The number of carbonyl (C=O) groups is 1. The van der Waals surface area contributed by atoms with Gasteiger partial charge in [0.05, 0.1) is 4.92 Å². The van der Waals surface area contributed by atoms with Crippen LogP contribution < -0.4 is 15.4 Å². The van der Waals surface area contributed by atoms with Crippen LogP contribution in [0.3, 0.4) is 0 Å². The maximum Gasteiger partial charge on any atom is 0.322 e. The number of urea groups is 1. The van der Waals surface area contributed by atoms with Crippen LogP contribution in [-0.2, 0) is 0 Å². The summed E-state index contributed by atoms with van der Waals surface area (Å²) in [5.41, 5.74) is 1.45. The van der Waals surface area contributed by atoms with E-state index in [0.29, 0.717) is 17.4 Å². The molecule has 0 bridgehead atoms. The number of amides is 2. The summed E-state index contributed by atoms with van der Waals surface area (Å²) in [7, 11) is 0. The number of rotatable bonds is 6. The predicted octanol–water partition coefficient (Wildman–Crippen LogP) is 4.26. The van der Waals surface area contributed by atoms with E-state index in [9.17, 15) is 14.9 Å². The van der Waals surface area contributed by atoms with Crippen molar-refractivity contribution in [2.75, 3.05) is 5.32 Å². The lowest BCUT2D eigenvalue weighted by Crippen LogP contribution is -2.39. The van der Waals surface area contributed by atoms with Gasteiger partial charge in [-0.15, -0.1) is 0 Å². The van der Waals surface area contributed by atoms with Gasteiger partial charge in [0.2, 0.25) is 0 Å². The van der Waals surface area contributed by atoms with Crippen LogP contribution in [0.5, 0.6) is 5.75 Å². The summed E-state index contributed by atoms with van der Waals surface area (Å²) in [4.78, 5) is 22.2. The Labute approximate surface area is 146 Å². The summed E-state index contributed by atoms with van der Waals surface area (Å²) in [6.45, 7) is 5.92. The molecule has 2 rings (SSSR count). The van der Waals surface area contributed by atoms with Gasteiger partial charge in [-0.25, -0.2) is 4.79 Å². The molecule has 1 unspecified atom stereocenters. The predicted molar refractivity (Wildman–Crippen MR) is 95.9 cm³/mol. The van der Waals surface area contributed by atoms with Gasteiger partial charge in [0, 0.05) is 17.8 Å². The second kappa shape index (κ2) is 8.14. The average Bonchev–Trinajstić information content (AvgIpc) is 2.55. The van der Waals surface area contributed by atoms with Gasteiger partial charge in [-0.1, -0.05) is 32.0 Å². The summed E-state index contributed by atoms with van der Waals surface area (Å²) < 4.78 is 5.64. The normalized spacial score (nSPS) is 11.7. The van der Waals surface area contributed by atoms with Crippen LogP contribution >= 0.6 is 0 Å². The number of carbonyl (C=O) groups excluding carboxylic acids is 1. The first-order valence-corrected chi connectivity index (χ1v) is 7.93. The fourth-order valence-electron chi connectivity index (χ4n) is 2.21. The van der Waals surface area contributed by atoms with Crippen molar-refractivity contribution in [2.24, 2.45) is 0 Å². The van der Waals surface area contributed by atoms with Gasteiger partial charge in [-0.2, -0.15) is 0 Å². The summed E-state index contributed by atoms with van der Waals surface area (Å²) in [5.74, 6) is 1.08. The summed E-state index contributed by atoms with van der Waals surface area (Å²) >= 11 is 0. The molecule has 0 spiro atoms. The van der Waals surface area contributed by atoms with Crippen molar-refractivity contribution >= 4 is 17.4 Å². The number of benzene rings is 2. The fourth-order valence-corrected chi connectivity index (χ4v) is 2.21. The van der Waals surface area contributed by atoms with Crippen LogP contribution in [0.15, 0.2) is 48.5 Å². The van der Waals surface area contributed by atoms with Gasteiger partial charge in [0.1, 0.15) is 5.75 Å². The van der Waals surface area contributed by atoms with Crippen molar-refractivity contribution in [1.29, 1.82) is 0 Å². The van der Waals surface area contributed by atoms with E-state index in [4.69, 9.17) is 4.74 Å². The molecule has 0 saturated carbocycles. The zero-order valence-corrected chi connectivity index (χ0v) is 14.4. The number of anilines is 1. The molecule has 132 valence electrons. The van der Waals surface area contributed by atoms with E-state index < -0.39 is 17.2 Å². The maximum atomic E-state index is 12.0. The zero-order valence-electron chi connectivity index (χ0n) is 14.4. The van der Waals surface area contributed by atoms with E-state index in [-0.39, 0.29) is 5.69 Å². The minimum Gasteiger partial charge on any atom is -0.471 e. The van der Waals surface area contributed by atoms with Gasteiger partial charge in [0.25, 0.3) is 5.69 Å². The molecular formula is C18H21N3O4. The van der Waals surface area contributed by atoms with Crippen LogP contribution in [0.2, 0.25) is 0 Å². The van der Waals surface area contributed by atoms with Gasteiger partial charge in [-0.05, 0) is 36.6 Å². The molecule has 0 radical (unpaired) electrons. The fraction of sp³-hybridized carbons (Fsp3) is 0.278. The van der Waals surface area contributed by atoms with Crippen LogP contribution in [0.1, 0.15) is 32.3 Å². The Kier molecular flexibility index (Phi) is 5.94. The molecule has 25 heavy (non-hydrogen) atoms. The van der Waals surface area contributed by atoms with Gasteiger partial charge in [-0.3, -0.25) is 10.1 Å². The number of non-ortho nitro benzene ring substituents is 1. The third-order valence-electron chi connectivity index (χ3n) is 3.51. The number of nitrogens with one attached hydrogen (secondary N) is 2. The lowest BCUT2D eigenvalue weighted by atomic mass is 10.0. The molecule has 2 amide bonds. The first-order chi connectivity index (χ1) is 11.8. The largest absolute Gasteiger partial charge is 0.471 e. The standard InChI is InChI=1S/C18H21N3O4/c1-12(2)14-7-9-17(10-8-14)25-13(3)19-18(22)20-15-5-4-6-16(11-15)21(23)24/h4-13H,1-3H3,(H2,19,20,22). The van der Waals surface area contributed by atoms with E-state index >= 15 is 0 Å². The number of nitrogens with zero attached hydrogens (tertiary/aromatic N) is 1. The zero-order chi connectivity index (χ0) is 18.4. The lowest BCUT2D eigenvalue weighted by molar-refractivity contribution is -0.384. The van der Waals surface area contributed by atoms with E-state index in [1.54, 1.807) is 13.0 Å². The Morgan fingerprint density at radius 2 is 1.80 bits per heavy atom. The summed E-state index contributed by atoms with van der Waals surface area (Å²) in [5, 5.41) is 15.9. The highest BCUT2D eigenvalue weighted by atomic mass is 16.6. The molecule has 0 fully saturated rings. The van der Waals surface area contributed by atoms with Crippen LogP contribution in [0, 0.1) is 10.1 Å². The van der Waals surface area contributed by atoms with E-state index in [0.717, 1.165) is 0 Å². The molecule has 0 heterocycles. The third-order valence-corrected chi connectivity index (χ3v) is 3.51. The summed E-state index contributed by atoms with van der Waals surface area (Å²) in [6.07, 6.45) is -0.566. The minimum atomic E-state index is -0.566.